The predicted octanol–water partition coefficient (Wildman–Crippen LogP) is 4.29. The van der Waals surface area contributed by atoms with E-state index < -0.39 is 0 Å². The molecule has 1 fully saturated rings. The van der Waals surface area contributed by atoms with Gasteiger partial charge in [0, 0.05) is 0 Å². The highest BCUT2D eigenvalue weighted by atomic mass is 31.1. The van der Waals surface area contributed by atoms with Gasteiger partial charge in [0.1, 0.15) is 5.75 Å². The van der Waals surface area contributed by atoms with E-state index in [-0.39, 0.29) is 7.92 Å². The molecule has 2 unspecified atom stereocenters. The van der Waals surface area contributed by atoms with Crippen LogP contribution in [-0.4, -0.2) is 16.9 Å². The molecule has 2 aromatic rings. The molecule has 0 saturated carbocycles. The topological polar surface area (TPSA) is 20.2 Å². The summed E-state index contributed by atoms with van der Waals surface area (Å²) in [6.45, 7) is 0. The fourth-order valence-electron chi connectivity index (χ4n) is 3.14. The number of aromatic hydroxyl groups is 1. The van der Waals surface area contributed by atoms with Gasteiger partial charge < -0.3 is 5.11 Å². The van der Waals surface area contributed by atoms with E-state index in [4.69, 9.17) is 0 Å². The summed E-state index contributed by atoms with van der Waals surface area (Å²) in [5.41, 5.74) is 1.93. The zero-order valence-electron chi connectivity index (χ0n) is 11.7. The summed E-state index contributed by atoms with van der Waals surface area (Å²) >= 11 is 0. The van der Waals surface area contributed by atoms with Crippen molar-refractivity contribution in [2.75, 3.05) is 6.16 Å². The average molecular weight is 284 g/mol. The summed E-state index contributed by atoms with van der Waals surface area (Å²) in [7, 11) is 0.00882. The van der Waals surface area contributed by atoms with Gasteiger partial charge in [0.2, 0.25) is 0 Å². The predicted molar refractivity (Wildman–Crippen MR) is 87.3 cm³/mol. The van der Waals surface area contributed by atoms with Crippen LogP contribution in [0.15, 0.2) is 54.6 Å². The Balaban J connectivity index is 1.67. The fourth-order valence-corrected chi connectivity index (χ4v) is 6.20. The summed E-state index contributed by atoms with van der Waals surface area (Å²) in [6.07, 6.45) is 6.31. The SMILES string of the molecule is Oc1ccccc1CCC1CCCP1c1ccccc1. The average Bonchev–Trinajstić information content (AvgIpc) is 2.96. The molecule has 1 N–H and O–H groups in total. The number of hydrogen-bond acceptors (Lipinski definition) is 1. The first-order valence-corrected chi connectivity index (χ1v) is 9.03. The lowest BCUT2D eigenvalue weighted by Crippen LogP contribution is -2.10. The van der Waals surface area contributed by atoms with E-state index in [2.05, 4.69) is 36.4 Å². The van der Waals surface area contributed by atoms with Gasteiger partial charge in [0.05, 0.1) is 0 Å². The molecule has 2 heteroatoms. The van der Waals surface area contributed by atoms with Crippen LogP contribution in [0.3, 0.4) is 0 Å². The smallest absolute Gasteiger partial charge is 0.118 e. The van der Waals surface area contributed by atoms with Crippen LogP contribution < -0.4 is 5.30 Å². The van der Waals surface area contributed by atoms with Crippen molar-refractivity contribution in [3.05, 3.63) is 60.2 Å². The van der Waals surface area contributed by atoms with Crippen molar-refractivity contribution < 1.29 is 5.11 Å². The molecule has 0 bridgehead atoms. The second-order valence-corrected chi connectivity index (χ2v) is 8.13. The normalized spacial score (nSPS) is 22.0. The molecule has 1 nitrogen and oxygen atoms in total. The molecule has 0 radical (unpaired) electrons. The third-order valence-corrected chi connectivity index (χ3v) is 7.36. The van der Waals surface area contributed by atoms with E-state index in [1.165, 1.54) is 25.4 Å². The standard InChI is InChI=1S/C18H21OP/c19-18-11-5-4-7-15(18)12-13-17-10-6-14-20(17)16-8-2-1-3-9-16/h1-5,7-9,11,17,19H,6,10,12-14H2. The molecule has 0 aliphatic carbocycles. The second-order valence-electron chi connectivity index (χ2n) is 5.49. The molecule has 3 rings (SSSR count). The number of para-hydroxylation sites is 1. The molecule has 1 aliphatic rings. The molecule has 0 aromatic heterocycles. The minimum atomic E-state index is 0.00882. The highest BCUT2D eigenvalue weighted by Gasteiger charge is 2.27. The molecule has 2 atom stereocenters. The maximum absolute atomic E-state index is 9.87. The van der Waals surface area contributed by atoms with Gasteiger partial charge in [-0.15, -0.1) is 0 Å². The van der Waals surface area contributed by atoms with Crippen molar-refractivity contribution >= 4 is 13.2 Å². The molecular weight excluding hydrogens is 263 g/mol. The van der Waals surface area contributed by atoms with Crippen LogP contribution in [0.25, 0.3) is 0 Å². The summed E-state index contributed by atoms with van der Waals surface area (Å²) in [5, 5.41) is 11.4. The maximum atomic E-state index is 9.87. The van der Waals surface area contributed by atoms with E-state index in [9.17, 15) is 5.11 Å². The van der Waals surface area contributed by atoms with E-state index >= 15 is 0 Å². The number of phenols is 1. The van der Waals surface area contributed by atoms with Gasteiger partial charge in [-0.2, -0.15) is 0 Å². The Bertz CT molecular complexity index is 552. The maximum Gasteiger partial charge on any atom is 0.118 e. The van der Waals surface area contributed by atoms with Crippen molar-refractivity contribution in [1.29, 1.82) is 0 Å². The molecule has 0 spiro atoms. The lowest BCUT2D eigenvalue weighted by molar-refractivity contribution is 0.466. The largest absolute Gasteiger partial charge is 0.508 e. The Kier molecular flexibility index (Phi) is 4.38. The number of hydrogen-bond donors (Lipinski definition) is 1. The van der Waals surface area contributed by atoms with Crippen LogP contribution in [0.5, 0.6) is 5.75 Å². The number of phenolic OH excluding ortho intramolecular Hbond substituents is 1. The van der Waals surface area contributed by atoms with Gasteiger partial charge in [-0.25, -0.2) is 0 Å². The number of rotatable bonds is 4. The van der Waals surface area contributed by atoms with Gasteiger partial charge in [-0.1, -0.05) is 56.5 Å². The van der Waals surface area contributed by atoms with Crippen molar-refractivity contribution in [2.45, 2.75) is 31.3 Å². The lowest BCUT2D eigenvalue weighted by Gasteiger charge is -2.20. The Labute approximate surface area is 122 Å². The Morgan fingerprint density at radius 2 is 1.75 bits per heavy atom. The van der Waals surface area contributed by atoms with Crippen molar-refractivity contribution in [2.24, 2.45) is 0 Å². The molecule has 2 aromatic carbocycles. The van der Waals surface area contributed by atoms with Crippen LogP contribution >= 0.6 is 7.92 Å². The summed E-state index contributed by atoms with van der Waals surface area (Å²) in [4.78, 5) is 0. The van der Waals surface area contributed by atoms with Crippen LogP contribution in [0.1, 0.15) is 24.8 Å². The Hall–Kier alpha value is -1.33. The molecule has 104 valence electrons. The highest BCUT2D eigenvalue weighted by molar-refractivity contribution is 7.66. The van der Waals surface area contributed by atoms with Gasteiger partial charge in [0.15, 0.2) is 0 Å². The van der Waals surface area contributed by atoms with E-state index in [0.717, 1.165) is 17.6 Å². The second kappa shape index (κ2) is 6.41. The Morgan fingerprint density at radius 1 is 1.00 bits per heavy atom. The molecule has 1 heterocycles. The molecule has 1 saturated heterocycles. The first-order chi connectivity index (χ1) is 9.84. The fraction of sp³-hybridized carbons (Fsp3) is 0.333. The Morgan fingerprint density at radius 3 is 2.55 bits per heavy atom. The third-order valence-electron chi connectivity index (χ3n) is 4.20. The van der Waals surface area contributed by atoms with Crippen molar-refractivity contribution in [3.8, 4) is 5.75 Å². The van der Waals surface area contributed by atoms with Crippen LogP contribution in [0.2, 0.25) is 0 Å². The summed E-state index contributed by atoms with van der Waals surface area (Å²) in [6, 6.07) is 18.8. The van der Waals surface area contributed by atoms with E-state index in [1.807, 2.05) is 12.1 Å². The van der Waals surface area contributed by atoms with Crippen LogP contribution in [0.4, 0.5) is 0 Å². The number of aryl methyl sites for hydroxylation is 1. The van der Waals surface area contributed by atoms with Crippen LogP contribution in [0, 0.1) is 0 Å². The highest BCUT2D eigenvalue weighted by Crippen LogP contribution is 2.50. The first-order valence-electron chi connectivity index (χ1n) is 7.43. The summed E-state index contributed by atoms with van der Waals surface area (Å²) < 4.78 is 0. The van der Waals surface area contributed by atoms with Gasteiger partial charge >= 0.3 is 0 Å². The zero-order valence-corrected chi connectivity index (χ0v) is 12.6. The number of benzene rings is 2. The zero-order chi connectivity index (χ0) is 13.8. The molecule has 0 amide bonds. The molecule has 1 aliphatic heterocycles. The van der Waals surface area contributed by atoms with Gasteiger partial charge in [0.25, 0.3) is 0 Å². The van der Waals surface area contributed by atoms with E-state index in [0.29, 0.717) is 5.75 Å². The quantitative estimate of drug-likeness (QED) is 0.830. The monoisotopic (exact) mass is 284 g/mol. The molecular formula is C18H21OP. The van der Waals surface area contributed by atoms with Crippen molar-refractivity contribution in [1.82, 2.24) is 0 Å². The van der Waals surface area contributed by atoms with E-state index in [1.54, 1.807) is 11.4 Å². The van der Waals surface area contributed by atoms with Crippen molar-refractivity contribution in [3.63, 3.8) is 0 Å². The summed E-state index contributed by atoms with van der Waals surface area (Å²) in [5.74, 6) is 0.453. The van der Waals surface area contributed by atoms with Gasteiger partial charge in [-0.05, 0) is 54.4 Å². The minimum Gasteiger partial charge on any atom is -0.508 e. The first kappa shape index (κ1) is 13.6. The third kappa shape index (κ3) is 3.04. The van der Waals surface area contributed by atoms with Gasteiger partial charge in [-0.3, -0.25) is 0 Å². The van der Waals surface area contributed by atoms with Crippen LogP contribution in [-0.2, 0) is 6.42 Å². The minimum absolute atomic E-state index is 0.00882. The lowest BCUT2D eigenvalue weighted by atomic mass is 10.1. The molecule has 20 heavy (non-hydrogen) atoms.